The lowest BCUT2D eigenvalue weighted by Gasteiger charge is -2.36. The van der Waals surface area contributed by atoms with E-state index in [-0.39, 0.29) is 29.8 Å². The van der Waals surface area contributed by atoms with E-state index in [0.29, 0.717) is 5.89 Å². The Kier molecular flexibility index (Phi) is 3.74. The molecule has 1 aromatic heterocycles. The molecule has 1 aliphatic heterocycles. The topological polar surface area (TPSA) is 79.5 Å². The standard InChI is InChI=1S/C14H21N3O3/c1-9-15-13(16-20-9)14(19)17-8-4-6-11(17)10-5-2-3-7-12(10)18/h10-12,18H,2-8H2,1H3. The van der Waals surface area contributed by atoms with Gasteiger partial charge in [-0.15, -0.1) is 0 Å². The number of carbonyl (C=O) groups excluding carboxylic acids is 1. The second-order valence-electron chi connectivity index (χ2n) is 5.86. The normalized spacial score (nSPS) is 30.7. The van der Waals surface area contributed by atoms with E-state index in [4.69, 9.17) is 4.52 Å². The van der Waals surface area contributed by atoms with Gasteiger partial charge in [-0.3, -0.25) is 4.79 Å². The fourth-order valence-corrected chi connectivity index (χ4v) is 3.59. The number of hydrogen-bond donors (Lipinski definition) is 1. The molecule has 1 N–H and O–H groups in total. The quantitative estimate of drug-likeness (QED) is 0.888. The van der Waals surface area contributed by atoms with Crippen molar-refractivity contribution in [2.75, 3.05) is 6.54 Å². The molecule has 2 aliphatic rings. The molecule has 20 heavy (non-hydrogen) atoms. The third-order valence-electron chi connectivity index (χ3n) is 4.55. The van der Waals surface area contributed by atoms with Crippen LogP contribution in [-0.4, -0.2) is 44.7 Å². The molecule has 1 saturated carbocycles. The lowest BCUT2D eigenvalue weighted by molar-refractivity contribution is 0.0206. The van der Waals surface area contributed by atoms with Gasteiger partial charge in [-0.05, 0) is 25.7 Å². The molecular formula is C14H21N3O3. The summed E-state index contributed by atoms with van der Waals surface area (Å²) in [5.41, 5.74) is 0. The minimum absolute atomic E-state index is 0.122. The van der Waals surface area contributed by atoms with Crippen LogP contribution in [0.15, 0.2) is 4.52 Å². The third kappa shape index (κ3) is 2.44. The van der Waals surface area contributed by atoms with Crippen molar-refractivity contribution in [1.29, 1.82) is 0 Å². The van der Waals surface area contributed by atoms with E-state index in [1.54, 1.807) is 6.92 Å². The summed E-state index contributed by atoms with van der Waals surface area (Å²) >= 11 is 0. The minimum Gasteiger partial charge on any atom is -0.393 e. The Hall–Kier alpha value is -1.43. The SMILES string of the molecule is Cc1nc(C(=O)N2CCCC2C2CCCCC2O)no1. The molecule has 1 aromatic rings. The highest BCUT2D eigenvalue weighted by Crippen LogP contribution is 2.35. The van der Waals surface area contributed by atoms with Crippen LogP contribution in [0.4, 0.5) is 0 Å². The van der Waals surface area contributed by atoms with Crippen molar-refractivity contribution in [2.45, 2.75) is 57.6 Å². The van der Waals surface area contributed by atoms with Gasteiger partial charge in [0.15, 0.2) is 0 Å². The van der Waals surface area contributed by atoms with Crippen LogP contribution in [0, 0.1) is 12.8 Å². The van der Waals surface area contributed by atoms with Gasteiger partial charge in [0.2, 0.25) is 5.89 Å². The number of rotatable bonds is 2. The number of aliphatic hydroxyl groups is 1. The maximum absolute atomic E-state index is 12.5. The average Bonchev–Trinajstić information content (AvgIpc) is 3.07. The molecule has 1 amide bonds. The molecular weight excluding hydrogens is 258 g/mol. The zero-order chi connectivity index (χ0) is 14.1. The number of amides is 1. The molecule has 0 bridgehead atoms. The summed E-state index contributed by atoms with van der Waals surface area (Å²) in [7, 11) is 0. The lowest BCUT2D eigenvalue weighted by atomic mass is 9.80. The first-order chi connectivity index (χ1) is 9.66. The van der Waals surface area contributed by atoms with Crippen molar-refractivity contribution in [1.82, 2.24) is 15.0 Å². The van der Waals surface area contributed by atoms with Crippen molar-refractivity contribution in [3.05, 3.63) is 11.7 Å². The van der Waals surface area contributed by atoms with Gasteiger partial charge in [0.1, 0.15) is 0 Å². The highest BCUT2D eigenvalue weighted by atomic mass is 16.5. The lowest BCUT2D eigenvalue weighted by Crippen LogP contribution is -2.45. The summed E-state index contributed by atoms with van der Waals surface area (Å²) in [4.78, 5) is 18.3. The van der Waals surface area contributed by atoms with Crippen molar-refractivity contribution in [3.8, 4) is 0 Å². The summed E-state index contributed by atoms with van der Waals surface area (Å²) in [5.74, 6) is 0.576. The van der Waals surface area contributed by atoms with E-state index in [1.165, 1.54) is 0 Å². The minimum atomic E-state index is -0.283. The molecule has 0 radical (unpaired) electrons. The van der Waals surface area contributed by atoms with Gasteiger partial charge in [-0.25, -0.2) is 0 Å². The second kappa shape index (κ2) is 5.52. The van der Waals surface area contributed by atoms with Gasteiger partial charge in [-0.2, -0.15) is 4.98 Å². The van der Waals surface area contributed by atoms with Crippen LogP contribution in [-0.2, 0) is 0 Å². The van der Waals surface area contributed by atoms with Gasteiger partial charge in [0.05, 0.1) is 6.10 Å². The van der Waals surface area contributed by atoms with E-state index in [1.807, 2.05) is 4.90 Å². The zero-order valence-corrected chi connectivity index (χ0v) is 11.8. The Morgan fingerprint density at radius 2 is 2.10 bits per heavy atom. The van der Waals surface area contributed by atoms with Crippen molar-refractivity contribution in [2.24, 2.45) is 5.92 Å². The number of carbonyl (C=O) groups is 1. The van der Waals surface area contributed by atoms with Crippen LogP contribution in [0.5, 0.6) is 0 Å². The Morgan fingerprint density at radius 1 is 1.30 bits per heavy atom. The largest absolute Gasteiger partial charge is 0.393 e. The molecule has 3 atom stereocenters. The number of nitrogens with zero attached hydrogens (tertiary/aromatic N) is 3. The first-order valence-corrected chi connectivity index (χ1v) is 7.46. The number of aromatic nitrogens is 2. The number of aryl methyl sites for hydroxylation is 1. The first kappa shape index (κ1) is 13.5. The van der Waals surface area contributed by atoms with Gasteiger partial charge in [-0.1, -0.05) is 18.0 Å². The molecule has 3 unspecified atom stereocenters. The van der Waals surface area contributed by atoms with Crippen molar-refractivity contribution >= 4 is 5.91 Å². The van der Waals surface area contributed by atoms with Crippen LogP contribution in [0.25, 0.3) is 0 Å². The predicted octanol–water partition coefficient (Wildman–Crippen LogP) is 1.53. The number of hydrogen-bond acceptors (Lipinski definition) is 5. The monoisotopic (exact) mass is 279 g/mol. The third-order valence-corrected chi connectivity index (χ3v) is 4.55. The number of aliphatic hydroxyl groups excluding tert-OH is 1. The molecule has 0 spiro atoms. The Morgan fingerprint density at radius 3 is 2.80 bits per heavy atom. The molecule has 6 nitrogen and oxygen atoms in total. The molecule has 110 valence electrons. The zero-order valence-electron chi connectivity index (χ0n) is 11.8. The number of likely N-dealkylation sites (tertiary alicyclic amines) is 1. The second-order valence-corrected chi connectivity index (χ2v) is 5.86. The van der Waals surface area contributed by atoms with E-state index in [2.05, 4.69) is 10.1 Å². The molecule has 2 fully saturated rings. The Bertz CT molecular complexity index is 488. The van der Waals surface area contributed by atoms with E-state index < -0.39 is 0 Å². The maximum atomic E-state index is 12.5. The molecule has 6 heteroatoms. The van der Waals surface area contributed by atoms with E-state index in [0.717, 1.165) is 45.1 Å². The fourth-order valence-electron chi connectivity index (χ4n) is 3.59. The Labute approximate surface area is 118 Å². The maximum Gasteiger partial charge on any atom is 0.295 e. The van der Waals surface area contributed by atoms with E-state index in [9.17, 15) is 9.90 Å². The molecule has 3 rings (SSSR count). The highest BCUT2D eigenvalue weighted by Gasteiger charge is 2.40. The fraction of sp³-hybridized carbons (Fsp3) is 0.786. The van der Waals surface area contributed by atoms with Crippen LogP contribution in [0.3, 0.4) is 0 Å². The van der Waals surface area contributed by atoms with Gasteiger partial charge < -0.3 is 14.5 Å². The Balaban J connectivity index is 1.76. The summed E-state index contributed by atoms with van der Waals surface area (Å²) in [5, 5.41) is 13.9. The summed E-state index contributed by atoms with van der Waals surface area (Å²) < 4.78 is 4.89. The predicted molar refractivity (Wildman–Crippen MR) is 71.1 cm³/mol. The van der Waals surface area contributed by atoms with Crippen LogP contribution in [0.2, 0.25) is 0 Å². The van der Waals surface area contributed by atoms with Crippen molar-refractivity contribution in [3.63, 3.8) is 0 Å². The molecule has 1 saturated heterocycles. The highest BCUT2D eigenvalue weighted by molar-refractivity contribution is 5.90. The summed E-state index contributed by atoms with van der Waals surface area (Å²) in [6, 6.07) is 0.122. The smallest absolute Gasteiger partial charge is 0.295 e. The first-order valence-electron chi connectivity index (χ1n) is 7.46. The summed E-state index contributed by atoms with van der Waals surface area (Å²) in [6.07, 6.45) is 5.74. The van der Waals surface area contributed by atoms with Crippen molar-refractivity contribution < 1.29 is 14.4 Å². The van der Waals surface area contributed by atoms with Gasteiger partial charge in [0, 0.05) is 25.4 Å². The molecule has 1 aliphatic carbocycles. The summed E-state index contributed by atoms with van der Waals surface area (Å²) in [6.45, 7) is 2.40. The van der Waals surface area contributed by atoms with E-state index >= 15 is 0 Å². The molecule has 0 aromatic carbocycles. The van der Waals surface area contributed by atoms with Crippen LogP contribution >= 0.6 is 0 Å². The van der Waals surface area contributed by atoms with Gasteiger partial charge in [0.25, 0.3) is 11.7 Å². The molecule has 2 heterocycles. The van der Waals surface area contributed by atoms with Gasteiger partial charge >= 0.3 is 0 Å². The average molecular weight is 279 g/mol. The van der Waals surface area contributed by atoms with Crippen LogP contribution < -0.4 is 0 Å². The van der Waals surface area contributed by atoms with Crippen LogP contribution in [0.1, 0.15) is 55.0 Å².